The molecule has 0 atom stereocenters. The highest BCUT2D eigenvalue weighted by molar-refractivity contribution is 7.99. The van der Waals surface area contributed by atoms with Crippen LogP contribution in [0, 0.1) is 5.82 Å². The number of hydrogen-bond acceptors (Lipinski definition) is 3. The molecule has 5 heteroatoms. The Kier molecular flexibility index (Phi) is 5.18. The van der Waals surface area contributed by atoms with Gasteiger partial charge in [-0.3, -0.25) is 4.79 Å². The zero-order chi connectivity index (χ0) is 16.1. The van der Waals surface area contributed by atoms with Crippen molar-refractivity contribution < 1.29 is 13.9 Å². The van der Waals surface area contributed by atoms with Gasteiger partial charge in [-0.05, 0) is 42.8 Å². The number of carbonyl (C=O) groups is 1. The van der Waals surface area contributed by atoms with Crippen LogP contribution in [0.1, 0.15) is 12.8 Å². The molecule has 1 amide bonds. The zero-order valence-electron chi connectivity index (χ0n) is 12.7. The molecular formula is C18H18FNO2S. The van der Waals surface area contributed by atoms with E-state index in [4.69, 9.17) is 4.74 Å². The number of halogens is 1. The van der Waals surface area contributed by atoms with E-state index in [9.17, 15) is 9.18 Å². The molecular weight excluding hydrogens is 313 g/mol. The third-order valence-electron chi connectivity index (χ3n) is 3.65. The molecule has 0 aliphatic carbocycles. The monoisotopic (exact) mass is 331 g/mol. The first-order chi connectivity index (χ1) is 11.2. The standard InChI is InChI=1S/C18H18FNO2S/c19-14-7-9-15(10-8-14)22-12-3-6-18(21)20-11-13-23-17-5-2-1-4-16(17)20/h1-2,4-5,7-10H,3,6,11-13H2. The minimum Gasteiger partial charge on any atom is -0.494 e. The number of nitrogens with zero attached hydrogens (tertiary/aromatic N) is 1. The summed E-state index contributed by atoms with van der Waals surface area (Å²) in [6.07, 6.45) is 1.09. The molecule has 1 aliphatic rings. The first-order valence-corrected chi connectivity index (χ1v) is 8.63. The summed E-state index contributed by atoms with van der Waals surface area (Å²) in [6, 6.07) is 13.9. The number of carbonyl (C=O) groups excluding carboxylic acids is 1. The number of hydrogen-bond donors (Lipinski definition) is 0. The third kappa shape index (κ3) is 4.05. The highest BCUT2D eigenvalue weighted by Crippen LogP contribution is 2.34. The lowest BCUT2D eigenvalue weighted by Crippen LogP contribution is -2.35. The molecule has 0 bridgehead atoms. The second kappa shape index (κ2) is 7.51. The summed E-state index contributed by atoms with van der Waals surface area (Å²) in [5.74, 6) is 1.39. The molecule has 120 valence electrons. The van der Waals surface area contributed by atoms with Crippen LogP contribution in [0.25, 0.3) is 0 Å². The van der Waals surface area contributed by atoms with Crippen molar-refractivity contribution in [3.8, 4) is 5.75 Å². The van der Waals surface area contributed by atoms with E-state index >= 15 is 0 Å². The van der Waals surface area contributed by atoms with Crippen molar-refractivity contribution in [3.63, 3.8) is 0 Å². The highest BCUT2D eigenvalue weighted by Gasteiger charge is 2.21. The Morgan fingerprint density at radius 1 is 1.17 bits per heavy atom. The topological polar surface area (TPSA) is 29.5 Å². The molecule has 1 aliphatic heterocycles. The smallest absolute Gasteiger partial charge is 0.227 e. The third-order valence-corrected chi connectivity index (χ3v) is 4.69. The van der Waals surface area contributed by atoms with Gasteiger partial charge in [-0.2, -0.15) is 0 Å². The quantitative estimate of drug-likeness (QED) is 0.772. The fourth-order valence-corrected chi connectivity index (χ4v) is 3.50. The number of fused-ring (bicyclic) bond motifs is 1. The molecule has 0 unspecified atom stereocenters. The van der Waals surface area contributed by atoms with Gasteiger partial charge in [-0.15, -0.1) is 11.8 Å². The minimum absolute atomic E-state index is 0.125. The predicted octanol–water partition coefficient (Wildman–Crippen LogP) is 4.12. The second-order valence-electron chi connectivity index (χ2n) is 5.27. The molecule has 3 nitrogen and oxygen atoms in total. The summed E-state index contributed by atoms with van der Waals surface area (Å²) < 4.78 is 18.3. The number of anilines is 1. The van der Waals surface area contributed by atoms with Crippen molar-refractivity contribution in [2.24, 2.45) is 0 Å². The molecule has 0 fully saturated rings. The molecule has 1 heterocycles. The van der Waals surface area contributed by atoms with Gasteiger partial charge >= 0.3 is 0 Å². The summed E-state index contributed by atoms with van der Waals surface area (Å²) in [5, 5.41) is 0. The first-order valence-electron chi connectivity index (χ1n) is 7.64. The molecule has 0 spiro atoms. The predicted molar refractivity (Wildman–Crippen MR) is 90.6 cm³/mol. The van der Waals surface area contributed by atoms with Crippen molar-refractivity contribution in [1.29, 1.82) is 0 Å². The van der Waals surface area contributed by atoms with Crippen LogP contribution in [-0.2, 0) is 4.79 Å². The average molecular weight is 331 g/mol. The highest BCUT2D eigenvalue weighted by atomic mass is 32.2. The summed E-state index contributed by atoms with van der Waals surface area (Å²) >= 11 is 1.79. The largest absolute Gasteiger partial charge is 0.494 e. The molecule has 3 rings (SSSR count). The number of amides is 1. The van der Waals surface area contributed by atoms with Crippen molar-refractivity contribution in [1.82, 2.24) is 0 Å². The Balaban J connectivity index is 1.49. The number of rotatable bonds is 5. The summed E-state index contributed by atoms with van der Waals surface area (Å²) in [7, 11) is 0. The lowest BCUT2D eigenvalue weighted by Gasteiger charge is -2.29. The molecule has 0 saturated heterocycles. The number of benzene rings is 2. The second-order valence-corrected chi connectivity index (χ2v) is 6.40. The van der Waals surface area contributed by atoms with Gasteiger partial charge in [0, 0.05) is 23.6 Å². The Bertz CT molecular complexity index is 675. The van der Waals surface area contributed by atoms with E-state index in [1.54, 1.807) is 23.9 Å². The van der Waals surface area contributed by atoms with Gasteiger partial charge in [0.2, 0.25) is 5.91 Å². The van der Waals surface area contributed by atoms with E-state index in [0.717, 1.165) is 22.9 Å². The molecule has 2 aromatic carbocycles. The van der Waals surface area contributed by atoms with E-state index in [1.807, 2.05) is 23.1 Å². The molecule has 0 radical (unpaired) electrons. The van der Waals surface area contributed by atoms with E-state index in [0.29, 0.717) is 25.2 Å². The number of thioether (sulfide) groups is 1. The first kappa shape index (κ1) is 15.9. The fraction of sp³-hybridized carbons (Fsp3) is 0.278. The van der Waals surface area contributed by atoms with Crippen LogP contribution in [0.15, 0.2) is 53.4 Å². The maximum Gasteiger partial charge on any atom is 0.227 e. The van der Waals surface area contributed by atoms with Crippen molar-refractivity contribution >= 4 is 23.4 Å². The van der Waals surface area contributed by atoms with E-state index < -0.39 is 0 Å². The van der Waals surface area contributed by atoms with Crippen LogP contribution in [-0.4, -0.2) is 24.8 Å². The van der Waals surface area contributed by atoms with Gasteiger partial charge < -0.3 is 9.64 Å². The van der Waals surface area contributed by atoms with Crippen LogP contribution >= 0.6 is 11.8 Å². The lowest BCUT2D eigenvalue weighted by molar-refractivity contribution is -0.118. The van der Waals surface area contributed by atoms with E-state index in [-0.39, 0.29) is 11.7 Å². The normalized spacial score (nSPS) is 13.5. The van der Waals surface area contributed by atoms with Gasteiger partial charge in [-0.1, -0.05) is 12.1 Å². The fourth-order valence-electron chi connectivity index (χ4n) is 2.51. The van der Waals surface area contributed by atoms with Crippen LogP contribution in [0.5, 0.6) is 5.75 Å². The van der Waals surface area contributed by atoms with Crippen molar-refractivity contribution in [2.75, 3.05) is 23.8 Å². The SMILES string of the molecule is O=C(CCCOc1ccc(F)cc1)N1CCSc2ccccc21. The lowest BCUT2D eigenvalue weighted by atomic mass is 10.2. The molecule has 0 N–H and O–H groups in total. The number of para-hydroxylation sites is 1. The van der Waals surface area contributed by atoms with Crippen LogP contribution in [0.2, 0.25) is 0 Å². The Morgan fingerprint density at radius 3 is 2.78 bits per heavy atom. The van der Waals surface area contributed by atoms with Crippen LogP contribution < -0.4 is 9.64 Å². The summed E-state index contributed by atoms with van der Waals surface area (Å²) in [6.45, 7) is 1.20. The van der Waals surface area contributed by atoms with Gasteiger partial charge in [0.15, 0.2) is 0 Å². The van der Waals surface area contributed by atoms with E-state index in [2.05, 4.69) is 6.07 Å². The molecule has 0 aromatic heterocycles. The minimum atomic E-state index is -0.283. The van der Waals surface area contributed by atoms with Gasteiger partial charge in [0.25, 0.3) is 0 Å². The maximum absolute atomic E-state index is 12.8. The van der Waals surface area contributed by atoms with Gasteiger partial charge in [0.1, 0.15) is 11.6 Å². The molecule has 23 heavy (non-hydrogen) atoms. The van der Waals surface area contributed by atoms with Gasteiger partial charge in [0.05, 0.1) is 12.3 Å². The van der Waals surface area contributed by atoms with E-state index in [1.165, 1.54) is 12.1 Å². The molecule has 2 aromatic rings. The summed E-state index contributed by atoms with van der Waals surface area (Å²) in [5.41, 5.74) is 1.01. The summed E-state index contributed by atoms with van der Waals surface area (Å²) in [4.78, 5) is 15.5. The van der Waals surface area contributed by atoms with Crippen molar-refractivity contribution in [2.45, 2.75) is 17.7 Å². The van der Waals surface area contributed by atoms with Crippen LogP contribution in [0.4, 0.5) is 10.1 Å². The van der Waals surface area contributed by atoms with Crippen LogP contribution in [0.3, 0.4) is 0 Å². The Hall–Kier alpha value is -2.01. The van der Waals surface area contributed by atoms with Gasteiger partial charge in [-0.25, -0.2) is 4.39 Å². The maximum atomic E-state index is 12.8. The zero-order valence-corrected chi connectivity index (χ0v) is 13.5. The average Bonchev–Trinajstić information content (AvgIpc) is 2.59. The Labute approximate surface area is 139 Å². The Morgan fingerprint density at radius 2 is 1.96 bits per heavy atom. The molecule has 0 saturated carbocycles. The van der Waals surface area contributed by atoms with Crippen molar-refractivity contribution in [3.05, 3.63) is 54.3 Å². The number of ether oxygens (including phenoxy) is 1.